The van der Waals surface area contributed by atoms with E-state index < -0.39 is 23.4 Å². The lowest BCUT2D eigenvalue weighted by molar-refractivity contribution is 0.102. The molecular formula is C31H26F3N5O2. The molecule has 1 fully saturated rings. The molecular weight excluding hydrogens is 531 g/mol. The highest BCUT2D eigenvalue weighted by Gasteiger charge is 2.19. The Morgan fingerprint density at radius 3 is 2.56 bits per heavy atom. The number of anilines is 1. The zero-order chi connectivity index (χ0) is 28.3. The summed E-state index contributed by atoms with van der Waals surface area (Å²) in [6, 6.07) is 16.9. The van der Waals surface area contributed by atoms with Gasteiger partial charge in [0.05, 0.1) is 17.4 Å². The number of rotatable bonds is 7. The molecule has 0 saturated carbocycles. The van der Waals surface area contributed by atoms with Gasteiger partial charge in [-0.25, -0.2) is 18.2 Å². The number of carbonyl (C=O) groups excluding carboxylic acids is 1. The largest absolute Gasteiger partial charge is 0.436 e. The van der Waals surface area contributed by atoms with Crippen LogP contribution in [0.1, 0.15) is 35.3 Å². The van der Waals surface area contributed by atoms with Crippen molar-refractivity contribution < 1.29 is 22.7 Å². The van der Waals surface area contributed by atoms with Gasteiger partial charge in [0.15, 0.2) is 28.9 Å². The third kappa shape index (κ3) is 5.78. The van der Waals surface area contributed by atoms with E-state index in [1.165, 1.54) is 36.9 Å². The monoisotopic (exact) mass is 557 g/mol. The number of piperidine rings is 1. The number of hydrogen-bond acceptors (Lipinski definition) is 5. The van der Waals surface area contributed by atoms with E-state index in [4.69, 9.17) is 4.74 Å². The molecule has 0 bridgehead atoms. The van der Waals surface area contributed by atoms with E-state index in [-0.39, 0.29) is 22.9 Å². The fourth-order valence-corrected chi connectivity index (χ4v) is 5.02. The third-order valence-corrected chi connectivity index (χ3v) is 7.08. The van der Waals surface area contributed by atoms with E-state index in [0.717, 1.165) is 25.9 Å². The molecule has 5 aromatic rings. The predicted molar refractivity (Wildman–Crippen MR) is 149 cm³/mol. The molecule has 3 aromatic carbocycles. The van der Waals surface area contributed by atoms with Crippen molar-refractivity contribution >= 4 is 22.5 Å². The number of halogens is 3. The summed E-state index contributed by atoms with van der Waals surface area (Å²) in [5, 5.41) is 10.1. The third-order valence-electron chi connectivity index (χ3n) is 7.08. The van der Waals surface area contributed by atoms with E-state index in [1.54, 1.807) is 42.5 Å². The highest BCUT2D eigenvalue weighted by molar-refractivity contribution is 6.11. The Morgan fingerprint density at radius 1 is 0.951 bits per heavy atom. The number of H-pyrrole nitrogens is 1. The van der Waals surface area contributed by atoms with Gasteiger partial charge in [0, 0.05) is 23.6 Å². The van der Waals surface area contributed by atoms with Gasteiger partial charge < -0.3 is 10.1 Å². The molecule has 0 unspecified atom stereocenters. The standard InChI is InChI=1S/C31H26F3N5O2/c32-24-6-2-3-7-27(24)41-28-11-9-21(17-35-28)36-31(40)30-23-16-20(8-10-26(23)37-38-30)22-14-19(15-25(33)29(22)34)18-39-12-4-1-5-13-39/h2-3,6-11,14-17H,1,4-5,12-13,18H2,(H,36,40)(H,37,38). The number of likely N-dealkylation sites (tertiary alicyclic amines) is 1. The Balaban J connectivity index is 1.22. The molecule has 2 aromatic heterocycles. The SMILES string of the molecule is O=C(Nc1ccc(Oc2ccccc2F)nc1)c1n[nH]c2ccc(-c3cc(CN4CCCCC4)cc(F)c3F)cc12. The van der Waals surface area contributed by atoms with Gasteiger partial charge in [0.25, 0.3) is 5.91 Å². The number of pyridine rings is 1. The first-order valence-electron chi connectivity index (χ1n) is 13.3. The summed E-state index contributed by atoms with van der Waals surface area (Å²) >= 11 is 0. The Hall–Kier alpha value is -4.70. The first kappa shape index (κ1) is 26.5. The normalized spacial score (nSPS) is 13.8. The van der Waals surface area contributed by atoms with E-state index in [0.29, 0.717) is 34.3 Å². The molecule has 0 atom stereocenters. The van der Waals surface area contributed by atoms with Gasteiger partial charge in [-0.3, -0.25) is 14.8 Å². The maximum absolute atomic E-state index is 15.0. The Morgan fingerprint density at radius 2 is 1.78 bits per heavy atom. The van der Waals surface area contributed by atoms with E-state index in [1.807, 2.05) is 0 Å². The van der Waals surface area contributed by atoms with Gasteiger partial charge in [-0.2, -0.15) is 5.10 Å². The van der Waals surface area contributed by atoms with Gasteiger partial charge in [0.1, 0.15) is 0 Å². The summed E-state index contributed by atoms with van der Waals surface area (Å²) in [6.45, 7) is 2.42. The summed E-state index contributed by atoms with van der Waals surface area (Å²) in [5.41, 5.74) is 2.26. The summed E-state index contributed by atoms with van der Waals surface area (Å²) in [7, 11) is 0. The molecule has 3 heterocycles. The van der Waals surface area contributed by atoms with Gasteiger partial charge in [-0.15, -0.1) is 0 Å². The number of fused-ring (bicyclic) bond motifs is 1. The maximum Gasteiger partial charge on any atom is 0.276 e. The number of para-hydroxylation sites is 1. The number of benzene rings is 3. The number of amides is 1. The fourth-order valence-electron chi connectivity index (χ4n) is 5.02. The van der Waals surface area contributed by atoms with Crippen LogP contribution in [-0.4, -0.2) is 39.1 Å². The molecule has 6 rings (SSSR count). The lowest BCUT2D eigenvalue weighted by Gasteiger charge is -2.26. The van der Waals surface area contributed by atoms with Crippen LogP contribution in [0.5, 0.6) is 11.6 Å². The van der Waals surface area contributed by atoms with Crippen molar-refractivity contribution in [2.45, 2.75) is 25.8 Å². The van der Waals surface area contributed by atoms with Gasteiger partial charge in [-0.1, -0.05) is 24.6 Å². The number of aromatic amines is 1. The minimum absolute atomic E-state index is 0.0314. The molecule has 2 N–H and O–H groups in total. The van der Waals surface area contributed by atoms with E-state index in [9.17, 15) is 18.0 Å². The molecule has 0 spiro atoms. The Labute approximate surface area is 234 Å². The molecule has 1 amide bonds. The average Bonchev–Trinajstić information content (AvgIpc) is 3.41. The topological polar surface area (TPSA) is 83.1 Å². The second kappa shape index (κ2) is 11.4. The quantitative estimate of drug-likeness (QED) is 0.224. The van der Waals surface area contributed by atoms with E-state index >= 15 is 0 Å². The molecule has 0 aliphatic carbocycles. The van der Waals surface area contributed by atoms with Crippen LogP contribution in [-0.2, 0) is 6.54 Å². The van der Waals surface area contributed by atoms with Crippen molar-refractivity contribution in [2.75, 3.05) is 18.4 Å². The van der Waals surface area contributed by atoms with Gasteiger partial charge in [-0.05, 0) is 79.5 Å². The number of nitrogens with one attached hydrogen (secondary N) is 2. The number of carbonyl (C=O) groups is 1. The van der Waals surface area contributed by atoms with Crippen LogP contribution >= 0.6 is 0 Å². The van der Waals surface area contributed by atoms with Crippen LogP contribution in [0.2, 0.25) is 0 Å². The minimum Gasteiger partial charge on any atom is -0.436 e. The summed E-state index contributed by atoms with van der Waals surface area (Å²) in [6.07, 6.45) is 4.76. The number of nitrogens with zero attached hydrogens (tertiary/aromatic N) is 3. The molecule has 41 heavy (non-hydrogen) atoms. The predicted octanol–water partition coefficient (Wildman–Crippen LogP) is 7.07. The van der Waals surface area contributed by atoms with Crippen molar-refractivity contribution in [1.29, 1.82) is 0 Å². The number of ether oxygens (including phenoxy) is 1. The fraction of sp³-hybridized carbons (Fsp3) is 0.194. The summed E-state index contributed by atoms with van der Waals surface area (Å²) in [5.74, 6) is -2.71. The molecule has 10 heteroatoms. The molecule has 1 saturated heterocycles. The van der Waals surface area contributed by atoms with Crippen LogP contribution in [0.3, 0.4) is 0 Å². The maximum atomic E-state index is 15.0. The van der Waals surface area contributed by atoms with Gasteiger partial charge in [0.2, 0.25) is 5.88 Å². The highest BCUT2D eigenvalue weighted by Crippen LogP contribution is 2.31. The highest BCUT2D eigenvalue weighted by atomic mass is 19.2. The Kier molecular flexibility index (Phi) is 7.39. The average molecular weight is 558 g/mol. The smallest absolute Gasteiger partial charge is 0.276 e. The first-order valence-corrected chi connectivity index (χ1v) is 13.3. The second-order valence-corrected chi connectivity index (χ2v) is 9.98. The van der Waals surface area contributed by atoms with Crippen LogP contribution in [0, 0.1) is 17.5 Å². The van der Waals surface area contributed by atoms with Crippen molar-refractivity contribution in [3.05, 3.63) is 102 Å². The zero-order valence-corrected chi connectivity index (χ0v) is 22.0. The second-order valence-electron chi connectivity index (χ2n) is 9.98. The lowest BCUT2D eigenvalue weighted by atomic mass is 9.99. The number of hydrogen-bond donors (Lipinski definition) is 2. The molecule has 1 aliphatic heterocycles. The van der Waals surface area contributed by atoms with Crippen LogP contribution in [0.25, 0.3) is 22.0 Å². The van der Waals surface area contributed by atoms with E-state index in [2.05, 4.69) is 25.4 Å². The Bertz CT molecular complexity index is 1720. The summed E-state index contributed by atoms with van der Waals surface area (Å²) in [4.78, 5) is 19.5. The van der Waals surface area contributed by atoms with Crippen LogP contribution in [0.4, 0.5) is 18.9 Å². The van der Waals surface area contributed by atoms with Crippen molar-refractivity contribution in [1.82, 2.24) is 20.1 Å². The molecule has 1 aliphatic rings. The first-order chi connectivity index (χ1) is 19.9. The van der Waals surface area contributed by atoms with Crippen LogP contribution in [0.15, 0.2) is 72.9 Å². The van der Waals surface area contributed by atoms with Crippen molar-refractivity contribution in [3.63, 3.8) is 0 Å². The summed E-state index contributed by atoms with van der Waals surface area (Å²) < 4.78 is 48.9. The minimum atomic E-state index is -0.940. The van der Waals surface area contributed by atoms with Crippen LogP contribution < -0.4 is 10.1 Å². The molecule has 0 radical (unpaired) electrons. The van der Waals surface area contributed by atoms with Crippen molar-refractivity contribution in [2.24, 2.45) is 0 Å². The molecule has 7 nitrogen and oxygen atoms in total. The molecule has 208 valence electrons. The number of aromatic nitrogens is 3. The lowest BCUT2D eigenvalue weighted by Crippen LogP contribution is -2.29. The van der Waals surface area contributed by atoms with Gasteiger partial charge >= 0.3 is 0 Å². The van der Waals surface area contributed by atoms with Crippen molar-refractivity contribution in [3.8, 4) is 22.8 Å². The zero-order valence-electron chi connectivity index (χ0n) is 22.0.